The fraction of sp³-hybridized carbons (Fsp3) is 0.417. The number of carbonyl (C=O) groups is 2. The Labute approximate surface area is 204 Å². The summed E-state index contributed by atoms with van der Waals surface area (Å²) < 4.78 is 5.31. The first-order chi connectivity index (χ1) is 15.4. The summed E-state index contributed by atoms with van der Waals surface area (Å²) in [6.45, 7) is 4.84. The lowest BCUT2D eigenvalue weighted by Crippen LogP contribution is -2.49. The van der Waals surface area contributed by atoms with Gasteiger partial charge in [0.2, 0.25) is 11.8 Å². The second kappa shape index (κ2) is 13.6. The molecule has 0 aliphatic carbocycles. The molecule has 0 aromatic heterocycles. The van der Waals surface area contributed by atoms with Crippen LogP contribution in [0.25, 0.3) is 0 Å². The molecule has 0 bridgehead atoms. The van der Waals surface area contributed by atoms with E-state index in [9.17, 15) is 9.59 Å². The number of amides is 2. The smallest absolute Gasteiger partial charge is 0.242 e. The highest BCUT2D eigenvalue weighted by molar-refractivity contribution is 7.99. The Balaban J connectivity index is 2.14. The van der Waals surface area contributed by atoms with Gasteiger partial charge in [0.15, 0.2) is 0 Å². The Bertz CT molecular complexity index is 911. The molecule has 2 amide bonds. The molecule has 0 radical (unpaired) electrons. The molecular formula is C24H30Cl2N2O3S. The van der Waals surface area contributed by atoms with Crippen molar-refractivity contribution in [1.82, 2.24) is 10.2 Å². The SMILES string of the molecule is CCCNC(=O)[C@@H](CC)N(Cc1cccc(OC)c1)C(=O)CSCc1ccc(Cl)c(Cl)c1. The zero-order valence-corrected chi connectivity index (χ0v) is 21.0. The highest BCUT2D eigenvalue weighted by Crippen LogP contribution is 2.25. The number of hydrogen-bond donors (Lipinski definition) is 1. The van der Waals surface area contributed by atoms with E-state index in [1.807, 2.05) is 50.2 Å². The van der Waals surface area contributed by atoms with Crippen molar-refractivity contribution < 1.29 is 14.3 Å². The van der Waals surface area contributed by atoms with Crippen molar-refractivity contribution in [2.45, 2.75) is 45.0 Å². The molecule has 0 saturated carbocycles. The number of nitrogens with zero attached hydrogens (tertiary/aromatic N) is 1. The van der Waals surface area contributed by atoms with Gasteiger partial charge in [-0.3, -0.25) is 9.59 Å². The third-order valence-corrected chi connectivity index (χ3v) is 6.63. The number of hydrogen-bond acceptors (Lipinski definition) is 4. The van der Waals surface area contributed by atoms with E-state index in [2.05, 4.69) is 5.32 Å². The topological polar surface area (TPSA) is 58.6 Å². The van der Waals surface area contributed by atoms with Crippen LogP contribution in [-0.2, 0) is 21.9 Å². The van der Waals surface area contributed by atoms with Crippen LogP contribution >= 0.6 is 35.0 Å². The number of halogens is 2. The first kappa shape index (κ1) is 26.4. The molecule has 0 aliphatic rings. The van der Waals surface area contributed by atoms with E-state index in [0.29, 0.717) is 41.1 Å². The van der Waals surface area contributed by atoms with Gasteiger partial charge in [0, 0.05) is 18.8 Å². The zero-order chi connectivity index (χ0) is 23.5. The normalized spacial score (nSPS) is 11.7. The predicted molar refractivity (Wildman–Crippen MR) is 134 cm³/mol. The molecule has 174 valence electrons. The van der Waals surface area contributed by atoms with Gasteiger partial charge in [-0.05, 0) is 48.2 Å². The number of carbonyl (C=O) groups excluding carboxylic acids is 2. The quantitative estimate of drug-likeness (QED) is 0.417. The lowest BCUT2D eigenvalue weighted by atomic mass is 10.1. The fourth-order valence-corrected chi connectivity index (χ4v) is 4.40. The van der Waals surface area contributed by atoms with E-state index in [4.69, 9.17) is 27.9 Å². The Hall–Kier alpha value is -1.89. The van der Waals surface area contributed by atoms with Gasteiger partial charge in [0.25, 0.3) is 0 Å². The van der Waals surface area contributed by atoms with Crippen molar-refractivity contribution >= 4 is 46.8 Å². The average molecular weight is 497 g/mol. The molecule has 2 aromatic carbocycles. The Morgan fingerprint density at radius 2 is 1.88 bits per heavy atom. The lowest BCUT2D eigenvalue weighted by Gasteiger charge is -2.30. The first-order valence-corrected chi connectivity index (χ1v) is 12.5. The van der Waals surface area contributed by atoms with Crippen molar-refractivity contribution in [3.63, 3.8) is 0 Å². The Morgan fingerprint density at radius 3 is 2.53 bits per heavy atom. The molecule has 0 spiro atoms. The largest absolute Gasteiger partial charge is 0.497 e. The van der Waals surface area contributed by atoms with E-state index in [1.54, 1.807) is 18.1 Å². The average Bonchev–Trinajstić information content (AvgIpc) is 2.79. The molecule has 0 aliphatic heterocycles. The summed E-state index contributed by atoms with van der Waals surface area (Å²) in [6, 6.07) is 12.5. The molecule has 2 rings (SSSR count). The third kappa shape index (κ3) is 7.91. The number of benzene rings is 2. The molecule has 0 fully saturated rings. The zero-order valence-electron chi connectivity index (χ0n) is 18.7. The second-order valence-corrected chi connectivity index (χ2v) is 9.13. The van der Waals surface area contributed by atoms with Gasteiger partial charge in [-0.2, -0.15) is 0 Å². The molecule has 0 unspecified atom stereocenters. The molecule has 32 heavy (non-hydrogen) atoms. The number of methoxy groups -OCH3 is 1. The van der Waals surface area contributed by atoms with Crippen LogP contribution in [0, 0.1) is 0 Å². The maximum atomic E-state index is 13.2. The monoisotopic (exact) mass is 496 g/mol. The summed E-state index contributed by atoms with van der Waals surface area (Å²) in [5.74, 6) is 1.37. The van der Waals surface area contributed by atoms with Crippen LogP contribution in [0.5, 0.6) is 5.75 Å². The van der Waals surface area contributed by atoms with Gasteiger partial charge >= 0.3 is 0 Å². The Kier molecular flexibility index (Phi) is 11.2. The maximum absolute atomic E-state index is 13.2. The summed E-state index contributed by atoms with van der Waals surface area (Å²) in [5, 5.41) is 3.93. The van der Waals surface area contributed by atoms with Crippen molar-refractivity contribution in [1.29, 1.82) is 0 Å². The first-order valence-electron chi connectivity index (χ1n) is 10.6. The minimum Gasteiger partial charge on any atom is -0.497 e. The molecule has 1 N–H and O–H groups in total. The lowest BCUT2D eigenvalue weighted by molar-refractivity contribution is -0.139. The molecule has 5 nitrogen and oxygen atoms in total. The summed E-state index contributed by atoms with van der Waals surface area (Å²) in [5.41, 5.74) is 1.90. The van der Waals surface area contributed by atoms with Gasteiger partial charge in [-0.1, -0.05) is 55.2 Å². The second-order valence-electron chi connectivity index (χ2n) is 7.33. The molecule has 2 aromatic rings. The number of ether oxygens (including phenoxy) is 1. The number of nitrogens with one attached hydrogen (secondary N) is 1. The van der Waals surface area contributed by atoms with E-state index < -0.39 is 6.04 Å². The highest BCUT2D eigenvalue weighted by Gasteiger charge is 2.28. The summed E-state index contributed by atoms with van der Waals surface area (Å²) in [7, 11) is 1.61. The molecule has 0 heterocycles. The van der Waals surface area contributed by atoms with Gasteiger partial charge in [-0.25, -0.2) is 0 Å². The maximum Gasteiger partial charge on any atom is 0.242 e. The van der Waals surface area contributed by atoms with Crippen molar-refractivity contribution in [2.75, 3.05) is 19.4 Å². The van der Waals surface area contributed by atoms with Gasteiger partial charge in [0.1, 0.15) is 11.8 Å². The van der Waals surface area contributed by atoms with E-state index >= 15 is 0 Å². The van der Waals surface area contributed by atoms with Crippen molar-refractivity contribution in [2.24, 2.45) is 0 Å². The van der Waals surface area contributed by atoms with Gasteiger partial charge in [0.05, 0.1) is 22.9 Å². The predicted octanol–water partition coefficient (Wildman–Crippen LogP) is 5.57. The third-order valence-electron chi connectivity index (χ3n) is 4.90. The van der Waals surface area contributed by atoms with E-state index in [-0.39, 0.29) is 17.6 Å². The minimum atomic E-state index is -0.536. The molecule has 0 saturated heterocycles. The number of thioether (sulfide) groups is 1. The van der Waals surface area contributed by atoms with Crippen LogP contribution in [0.2, 0.25) is 10.0 Å². The number of rotatable bonds is 12. The fourth-order valence-electron chi connectivity index (χ4n) is 3.22. The van der Waals surface area contributed by atoms with Crippen LogP contribution < -0.4 is 10.1 Å². The molecule has 8 heteroatoms. The van der Waals surface area contributed by atoms with E-state index in [0.717, 1.165) is 17.5 Å². The van der Waals surface area contributed by atoms with Crippen LogP contribution in [0.15, 0.2) is 42.5 Å². The van der Waals surface area contributed by atoms with Crippen molar-refractivity contribution in [3.8, 4) is 5.75 Å². The van der Waals surface area contributed by atoms with Crippen molar-refractivity contribution in [3.05, 3.63) is 63.6 Å². The Morgan fingerprint density at radius 1 is 1.09 bits per heavy atom. The molecule has 1 atom stereocenters. The van der Waals surface area contributed by atoms with Crippen LogP contribution in [0.4, 0.5) is 0 Å². The van der Waals surface area contributed by atoms with Gasteiger partial charge < -0.3 is 15.0 Å². The standard InChI is InChI=1S/C24H30Cl2N2O3S/c1-4-11-27-24(30)22(5-2)28(14-17-7-6-8-19(12-17)31-3)23(29)16-32-15-18-9-10-20(25)21(26)13-18/h6-10,12-13,22H,4-5,11,14-16H2,1-3H3,(H,27,30)/t22-/m1/s1. The minimum absolute atomic E-state index is 0.0867. The summed E-state index contributed by atoms with van der Waals surface area (Å²) in [4.78, 5) is 27.7. The highest BCUT2D eigenvalue weighted by atomic mass is 35.5. The van der Waals surface area contributed by atoms with Crippen LogP contribution in [0.3, 0.4) is 0 Å². The molecular weight excluding hydrogens is 467 g/mol. The summed E-state index contributed by atoms with van der Waals surface area (Å²) >= 11 is 13.5. The van der Waals surface area contributed by atoms with Crippen LogP contribution in [-0.4, -0.2) is 42.2 Å². The van der Waals surface area contributed by atoms with Crippen LogP contribution in [0.1, 0.15) is 37.8 Å². The van der Waals surface area contributed by atoms with E-state index in [1.165, 1.54) is 11.8 Å². The summed E-state index contributed by atoms with van der Waals surface area (Å²) in [6.07, 6.45) is 1.37. The van der Waals surface area contributed by atoms with Gasteiger partial charge in [-0.15, -0.1) is 11.8 Å².